The van der Waals surface area contributed by atoms with E-state index in [1.165, 1.54) is 11.1 Å². The van der Waals surface area contributed by atoms with E-state index in [-0.39, 0.29) is 30.7 Å². The lowest BCUT2D eigenvalue weighted by atomic mass is 10.0. The Kier molecular flexibility index (Phi) is 7.61. The number of pyridine rings is 1. The number of H-pyrrole nitrogens is 1. The molecule has 5 rings (SSSR count). The number of hydrogen-bond acceptors (Lipinski definition) is 4. The monoisotopic (exact) mass is 471 g/mol. The third kappa shape index (κ3) is 4.67. The predicted octanol–water partition coefficient (Wildman–Crippen LogP) is 3.78. The summed E-state index contributed by atoms with van der Waals surface area (Å²) in [5, 5.41) is 3.46. The quantitative estimate of drug-likeness (QED) is 0.474. The summed E-state index contributed by atoms with van der Waals surface area (Å²) in [5.74, 6) is 0.0320. The number of para-hydroxylation sites is 1. The van der Waals surface area contributed by atoms with Gasteiger partial charge in [0, 0.05) is 66.7 Å². The molecular weight excluding hydrogens is 445 g/mol. The molecule has 1 amide bonds. The van der Waals surface area contributed by atoms with E-state index in [4.69, 9.17) is 5.73 Å². The lowest BCUT2D eigenvalue weighted by Gasteiger charge is -2.37. The van der Waals surface area contributed by atoms with Crippen LogP contribution in [0, 0.1) is 0 Å². The molecule has 32 heavy (non-hydrogen) atoms. The molecule has 3 heterocycles. The Hall–Kier alpha value is -2.80. The maximum atomic E-state index is 12.9. The molecular formula is C24H27Cl2N5O. The first-order valence-corrected chi connectivity index (χ1v) is 10.4. The molecule has 1 saturated heterocycles. The van der Waals surface area contributed by atoms with Crippen LogP contribution in [0.4, 0.5) is 5.69 Å². The Morgan fingerprint density at radius 1 is 1.03 bits per heavy atom. The third-order valence-electron chi connectivity index (χ3n) is 6.01. The first-order valence-electron chi connectivity index (χ1n) is 10.4. The number of nitrogens with one attached hydrogen (secondary N) is 1. The fraction of sp³-hybridized carbons (Fsp3) is 0.250. The Morgan fingerprint density at radius 3 is 2.62 bits per heavy atom. The number of carbonyl (C=O) groups is 1. The van der Waals surface area contributed by atoms with Gasteiger partial charge in [-0.15, -0.1) is 24.8 Å². The molecule has 0 bridgehead atoms. The molecule has 1 fully saturated rings. The molecule has 0 radical (unpaired) electrons. The first-order chi connectivity index (χ1) is 14.7. The number of halogens is 2. The SMILES string of the molecule is Cl.Cl.N[C@H](Cc1c[nH]c2ccccc12)C(=O)N1CCN(c2ccc3cnccc3c2)CC1. The Labute approximate surface area is 199 Å². The number of aromatic nitrogens is 2. The molecule has 1 aliphatic heterocycles. The van der Waals surface area contributed by atoms with Crippen molar-refractivity contribution in [2.45, 2.75) is 12.5 Å². The van der Waals surface area contributed by atoms with Gasteiger partial charge in [-0.2, -0.15) is 0 Å². The predicted molar refractivity (Wildman–Crippen MR) is 135 cm³/mol. The molecule has 0 saturated carbocycles. The second kappa shape index (κ2) is 10.2. The van der Waals surface area contributed by atoms with Gasteiger partial charge in [0.05, 0.1) is 6.04 Å². The minimum Gasteiger partial charge on any atom is -0.368 e. The van der Waals surface area contributed by atoms with Gasteiger partial charge in [0.25, 0.3) is 0 Å². The van der Waals surface area contributed by atoms with Crippen LogP contribution in [0.1, 0.15) is 5.56 Å². The molecule has 1 atom stereocenters. The number of piperazine rings is 1. The van der Waals surface area contributed by atoms with Crippen molar-refractivity contribution in [3.63, 3.8) is 0 Å². The zero-order valence-electron chi connectivity index (χ0n) is 17.6. The molecule has 168 valence electrons. The molecule has 3 N–H and O–H groups in total. The summed E-state index contributed by atoms with van der Waals surface area (Å²) >= 11 is 0. The van der Waals surface area contributed by atoms with E-state index in [1.807, 2.05) is 47.8 Å². The molecule has 6 nitrogen and oxygen atoms in total. The Bertz CT molecular complexity index is 1200. The number of hydrogen-bond donors (Lipinski definition) is 2. The molecule has 8 heteroatoms. The van der Waals surface area contributed by atoms with Crippen LogP contribution in [0.5, 0.6) is 0 Å². The van der Waals surface area contributed by atoms with Crippen molar-refractivity contribution in [2.24, 2.45) is 5.73 Å². The summed E-state index contributed by atoms with van der Waals surface area (Å²) in [4.78, 5) is 24.6. The highest BCUT2D eigenvalue weighted by Gasteiger charge is 2.26. The Morgan fingerprint density at radius 2 is 1.81 bits per heavy atom. The number of carbonyl (C=O) groups excluding carboxylic acids is 1. The molecule has 4 aromatic rings. The number of amides is 1. The summed E-state index contributed by atoms with van der Waals surface area (Å²) in [5.41, 5.74) is 9.67. The van der Waals surface area contributed by atoms with E-state index < -0.39 is 6.04 Å². The van der Waals surface area contributed by atoms with Crippen molar-refractivity contribution in [1.82, 2.24) is 14.9 Å². The van der Waals surface area contributed by atoms with Gasteiger partial charge in [0.15, 0.2) is 0 Å². The van der Waals surface area contributed by atoms with Crippen LogP contribution in [0.25, 0.3) is 21.7 Å². The van der Waals surface area contributed by atoms with E-state index >= 15 is 0 Å². The number of anilines is 1. The molecule has 2 aromatic heterocycles. The van der Waals surface area contributed by atoms with E-state index in [9.17, 15) is 4.79 Å². The zero-order valence-corrected chi connectivity index (χ0v) is 19.2. The zero-order chi connectivity index (χ0) is 20.5. The normalized spacial score (nSPS) is 14.7. The molecule has 0 aliphatic carbocycles. The third-order valence-corrected chi connectivity index (χ3v) is 6.01. The van der Waals surface area contributed by atoms with Crippen LogP contribution in [0.3, 0.4) is 0 Å². The van der Waals surface area contributed by atoms with Crippen molar-refractivity contribution in [3.05, 3.63) is 72.7 Å². The van der Waals surface area contributed by atoms with E-state index in [0.29, 0.717) is 19.5 Å². The summed E-state index contributed by atoms with van der Waals surface area (Å²) in [7, 11) is 0. The summed E-state index contributed by atoms with van der Waals surface area (Å²) in [6.45, 7) is 2.99. The van der Waals surface area contributed by atoms with Crippen LogP contribution in [0.2, 0.25) is 0 Å². The van der Waals surface area contributed by atoms with E-state index in [0.717, 1.165) is 34.9 Å². The molecule has 2 aromatic carbocycles. The highest BCUT2D eigenvalue weighted by Crippen LogP contribution is 2.23. The maximum absolute atomic E-state index is 12.9. The smallest absolute Gasteiger partial charge is 0.239 e. The fourth-order valence-electron chi connectivity index (χ4n) is 4.31. The van der Waals surface area contributed by atoms with Gasteiger partial charge in [0.2, 0.25) is 5.91 Å². The maximum Gasteiger partial charge on any atom is 0.239 e. The molecule has 0 unspecified atom stereocenters. The highest BCUT2D eigenvalue weighted by atomic mass is 35.5. The number of fused-ring (bicyclic) bond motifs is 2. The van der Waals surface area contributed by atoms with Crippen molar-refractivity contribution < 1.29 is 4.79 Å². The van der Waals surface area contributed by atoms with Gasteiger partial charge < -0.3 is 20.5 Å². The highest BCUT2D eigenvalue weighted by molar-refractivity contribution is 5.87. The van der Waals surface area contributed by atoms with Crippen LogP contribution < -0.4 is 10.6 Å². The van der Waals surface area contributed by atoms with Crippen LogP contribution >= 0.6 is 24.8 Å². The largest absolute Gasteiger partial charge is 0.368 e. The van der Waals surface area contributed by atoms with Crippen molar-refractivity contribution in [2.75, 3.05) is 31.1 Å². The van der Waals surface area contributed by atoms with Gasteiger partial charge >= 0.3 is 0 Å². The number of rotatable bonds is 4. The van der Waals surface area contributed by atoms with Crippen LogP contribution in [-0.2, 0) is 11.2 Å². The summed E-state index contributed by atoms with van der Waals surface area (Å²) in [6.07, 6.45) is 6.20. The summed E-state index contributed by atoms with van der Waals surface area (Å²) < 4.78 is 0. The molecule has 0 spiro atoms. The average Bonchev–Trinajstić information content (AvgIpc) is 3.21. The van der Waals surface area contributed by atoms with E-state index in [2.05, 4.69) is 39.1 Å². The van der Waals surface area contributed by atoms with Gasteiger partial charge in [-0.05, 0) is 41.6 Å². The fourth-order valence-corrected chi connectivity index (χ4v) is 4.31. The van der Waals surface area contributed by atoms with Crippen molar-refractivity contribution in [1.29, 1.82) is 0 Å². The lowest BCUT2D eigenvalue weighted by Crippen LogP contribution is -2.53. The summed E-state index contributed by atoms with van der Waals surface area (Å²) in [6, 6.07) is 16.0. The average molecular weight is 472 g/mol. The van der Waals surface area contributed by atoms with E-state index in [1.54, 1.807) is 0 Å². The topological polar surface area (TPSA) is 78.2 Å². The minimum atomic E-state index is -0.524. The van der Waals surface area contributed by atoms with Gasteiger partial charge in [0.1, 0.15) is 0 Å². The minimum absolute atomic E-state index is 0. The van der Waals surface area contributed by atoms with Crippen molar-refractivity contribution >= 4 is 58.1 Å². The standard InChI is InChI=1S/C24H25N5O.2ClH/c25-22(14-19-16-27-23-4-2-1-3-21(19)23)24(30)29-11-9-28(10-12-29)20-6-5-18-15-26-8-7-17(18)13-20;;/h1-8,13,15-16,22,27H,9-12,14,25H2;2*1H/t22-;;/m1../s1. The Balaban J connectivity index is 0.00000144. The first kappa shape index (κ1) is 23.9. The van der Waals surface area contributed by atoms with Gasteiger partial charge in [-0.1, -0.05) is 24.3 Å². The van der Waals surface area contributed by atoms with Gasteiger partial charge in [-0.3, -0.25) is 9.78 Å². The lowest BCUT2D eigenvalue weighted by molar-refractivity contribution is -0.132. The second-order valence-corrected chi connectivity index (χ2v) is 7.89. The van der Waals surface area contributed by atoms with Crippen molar-refractivity contribution in [3.8, 4) is 0 Å². The number of benzene rings is 2. The number of nitrogens with zero attached hydrogens (tertiary/aromatic N) is 3. The second-order valence-electron chi connectivity index (χ2n) is 7.89. The molecule has 1 aliphatic rings. The van der Waals surface area contributed by atoms with Gasteiger partial charge in [-0.25, -0.2) is 0 Å². The van der Waals surface area contributed by atoms with Crippen LogP contribution in [-0.4, -0.2) is 53.0 Å². The van der Waals surface area contributed by atoms with Crippen LogP contribution in [0.15, 0.2) is 67.1 Å². The number of aromatic amines is 1. The number of nitrogens with two attached hydrogens (primary N) is 1.